The van der Waals surface area contributed by atoms with Crippen LogP contribution in [-0.4, -0.2) is 51.4 Å². The maximum absolute atomic E-state index is 10.8. The van der Waals surface area contributed by atoms with Gasteiger partial charge < -0.3 is 14.6 Å². The van der Waals surface area contributed by atoms with Crippen LogP contribution in [0.25, 0.3) is 11.0 Å². The molecule has 112 valence electrons. The molecule has 5 nitrogen and oxygen atoms in total. The molecular formula is C15H19N3O2S. The molecule has 0 aliphatic carbocycles. The molecular weight excluding hydrogens is 286 g/mol. The summed E-state index contributed by atoms with van der Waals surface area (Å²) in [4.78, 5) is 17.8. The Bertz CT molecular complexity index is 655. The Labute approximate surface area is 128 Å². The van der Waals surface area contributed by atoms with E-state index in [4.69, 9.17) is 5.11 Å². The van der Waals surface area contributed by atoms with Crippen molar-refractivity contribution in [1.29, 1.82) is 0 Å². The average molecular weight is 305 g/mol. The van der Waals surface area contributed by atoms with Gasteiger partial charge in [0.25, 0.3) is 0 Å². The SMILES string of the molecule is CN1CCC(Cn2c(SCC(=O)O)nc3ccccc32)C1. The van der Waals surface area contributed by atoms with Crippen molar-refractivity contribution < 1.29 is 9.90 Å². The molecule has 1 N–H and O–H groups in total. The van der Waals surface area contributed by atoms with Crippen LogP contribution < -0.4 is 0 Å². The quantitative estimate of drug-likeness (QED) is 0.858. The molecule has 0 saturated carbocycles. The number of para-hydroxylation sites is 2. The van der Waals surface area contributed by atoms with Crippen molar-refractivity contribution in [2.75, 3.05) is 25.9 Å². The summed E-state index contributed by atoms with van der Waals surface area (Å²) < 4.78 is 2.19. The fourth-order valence-corrected chi connectivity index (χ4v) is 3.64. The van der Waals surface area contributed by atoms with E-state index in [0.29, 0.717) is 5.92 Å². The van der Waals surface area contributed by atoms with E-state index < -0.39 is 5.97 Å². The Kier molecular flexibility index (Phi) is 4.17. The zero-order valence-electron chi connectivity index (χ0n) is 12.0. The lowest BCUT2D eigenvalue weighted by Gasteiger charge is -2.14. The van der Waals surface area contributed by atoms with Gasteiger partial charge in [-0.15, -0.1) is 0 Å². The number of imidazole rings is 1. The largest absolute Gasteiger partial charge is 0.481 e. The Morgan fingerprint density at radius 1 is 1.48 bits per heavy atom. The van der Waals surface area contributed by atoms with Gasteiger partial charge in [-0.3, -0.25) is 4.79 Å². The maximum Gasteiger partial charge on any atom is 0.313 e. The van der Waals surface area contributed by atoms with Crippen LogP contribution in [0, 0.1) is 5.92 Å². The zero-order valence-corrected chi connectivity index (χ0v) is 12.8. The number of hydrogen-bond donors (Lipinski definition) is 1. The van der Waals surface area contributed by atoms with Crippen LogP contribution in [0.1, 0.15) is 6.42 Å². The average Bonchev–Trinajstić information content (AvgIpc) is 3.01. The summed E-state index contributed by atoms with van der Waals surface area (Å²) in [5.41, 5.74) is 2.04. The number of fused-ring (bicyclic) bond motifs is 1. The van der Waals surface area contributed by atoms with Gasteiger partial charge in [-0.25, -0.2) is 4.98 Å². The molecule has 0 bridgehead atoms. The summed E-state index contributed by atoms with van der Waals surface area (Å²) in [5, 5.41) is 9.71. The summed E-state index contributed by atoms with van der Waals surface area (Å²) in [6, 6.07) is 8.02. The second-order valence-corrected chi connectivity index (χ2v) is 6.54. The standard InChI is InChI=1S/C15H19N3O2S/c1-17-7-6-11(8-17)9-18-13-5-3-2-4-12(13)16-15(18)21-10-14(19)20/h2-5,11H,6-10H2,1H3,(H,19,20). The first-order valence-electron chi connectivity index (χ1n) is 7.12. The molecule has 2 heterocycles. The topological polar surface area (TPSA) is 58.4 Å². The minimum atomic E-state index is -0.806. The second kappa shape index (κ2) is 6.07. The molecule has 0 radical (unpaired) electrons. The van der Waals surface area contributed by atoms with Gasteiger partial charge in [0.1, 0.15) is 0 Å². The van der Waals surface area contributed by atoms with Crippen LogP contribution in [0.5, 0.6) is 0 Å². The number of carboxylic acid groups (broad SMARTS) is 1. The Hall–Kier alpha value is -1.53. The monoisotopic (exact) mass is 305 g/mol. The third-order valence-corrected chi connectivity index (χ3v) is 4.84. The number of likely N-dealkylation sites (tertiary alicyclic amines) is 1. The number of benzene rings is 1. The second-order valence-electron chi connectivity index (χ2n) is 5.59. The highest BCUT2D eigenvalue weighted by Crippen LogP contribution is 2.27. The molecule has 2 aromatic rings. The van der Waals surface area contributed by atoms with Crippen molar-refractivity contribution in [1.82, 2.24) is 14.5 Å². The predicted molar refractivity (Wildman–Crippen MR) is 83.7 cm³/mol. The van der Waals surface area contributed by atoms with Gasteiger partial charge in [-0.05, 0) is 38.1 Å². The number of carbonyl (C=O) groups is 1. The first-order chi connectivity index (χ1) is 10.1. The molecule has 0 amide bonds. The highest BCUT2D eigenvalue weighted by molar-refractivity contribution is 7.99. The van der Waals surface area contributed by atoms with Crippen molar-refractivity contribution in [2.24, 2.45) is 5.92 Å². The van der Waals surface area contributed by atoms with Crippen LogP contribution in [0.15, 0.2) is 29.4 Å². The molecule has 1 saturated heterocycles. The number of aliphatic carboxylic acids is 1. The van der Waals surface area contributed by atoms with Crippen LogP contribution in [0.4, 0.5) is 0 Å². The number of nitrogens with zero attached hydrogens (tertiary/aromatic N) is 3. The number of carboxylic acids is 1. The molecule has 1 fully saturated rings. The van der Waals surface area contributed by atoms with Crippen molar-refractivity contribution >= 4 is 28.8 Å². The first kappa shape index (κ1) is 14.4. The number of thioether (sulfide) groups is 1. The summed E-state index contributed by atoms with van der Waals surface area (Å²) in [5.74, 6) is -0.149. The summed E-state index contributed by atoms with van der Waals surface area (Å²) in [7, 11) is 2.14. The van der Waals surface area contributed by atoms with Gasteiger partial charge in [0, 0.05) is 13.1 Å². The number of aromatic nitrogens is 2. The summed E-state index contributed by atoms with van der Waals surface area (Å²) in [6.07, 6.45) is 1.19. The lowest BCUT2D eigenvalue weighted by Crippen LogP contribution is -2.17. The minimum absolute atomic E-state index is 0.0495. The normalized spacial score (nSPS) is 19.4. The van der Waals surface area contributed by atoms with Crippen LogP contribution in [0.3, 0.4) is 0 Å². The van der Waals surface area contributed by atoms with Gasteiger partial charge in [-0.2, -0.15) is 0 Å². The number of hydrogen-bond acceptors (Lipinski definition) is 4. The van der Waals surface area contributed by atoms with Gasteiger partial charge in [-0.1, -0.05) is 23.9 Å². The molecule has 3 rings (SSSR count). The van der Waals surface area contributed by atoms with Crippen molar-refractivity contribution in [3.63, 3.8) is 0 Å². The highest BCUT2D eigenvalue weighted by atomic mass is 32.2. The van der Waals surface area contributed by atoms with E-state index in [2.05, 4.69) is 27.6 Å². The molecule has 1 atom stereocenters. The predicted octanol–water partition coefficient (Wildman–Crippen LogP) is 2.16. The van der Waals surface area contributed by atoms with E-state index >= 15 is 0 Å². The fraction of sp³-hybridized carbons (Fsp3) is 0.467. The zero-order chi connectivity index (χ0) is 14.8. The molecule has 21 heavy (non-hydrogen) atoms. The van der Waals surface area contributed by atoms with E-state index in [0.717, 1.165) is 35.8 Å². The fourth-order valence-electron chi connectivity index (χ4n) is 2.90. The molecule has 0 spiro atoms. The van der Waals surface area contributed by atoms with Crippen LogP contribution in [0.2, 0.25) is 0 Å². The van der Waals surface area contributed by atoms with Gasteiger partial charge in [0.2, 0.25) is 0 Å². The first-order valence-corrected chi connectivity index (χ1v) is 8.10. The molecule has 1 aliphatic rings. The summed E-state index contributed by atoms with van der Waals surface area (Å²) in [6.45, 7) is 3.14. The van der Waals surface area contributed by atoms with E-state index in [1.807, 2.05) is 18.2 Å². The molecule has 1 aromatic carbocycles. The Morgan fingerprint density at radius 3 is 3.00 bits per heavy atom. The smallest absolute Gasteiger partial charge is 0.313 e. The van der Waals surface area contributed by atoms with Crippen molar-refractivity contribution in [3.05, 3.63) is 24.3 Å². The molecule has 1 aromatic heterocycles. The van der Waals surface area contributed by atoms with Gasteiger partial charge in [0.05, 0.1) is 16.8 Å². The molecule has 1 aliphatic heterocycles. The van der Waals surface area contributed by atoms with Gasteiger partial charge >= 0.3 is 5.97 Å². The van der Waals surface area contributed by atoms with Crippen LogP contribution >= 0.6 is 11.8 Å². The Balaban J connectivity index is 1.89. The van der Waals surface area contributed by atoms with E-state index in [1.165, 1.54) is 18.2 Å². The summed E-state index contributed by atoms with van der Waals surface area (Å²) >= 11 is 1.30. The number of rotatable bonds is 5. The van der Waals surface area contributed by atoms with Crippen LogP contribution in [-0.2, 0) is 11.3 Å². The van der Waals surface area contributed by atoms with E-state index in [-0.39, 0.29) is 5.75 Å². The van der Waals surface area contributed by atoms with E-state index in [1.54, 1.807) is 0 Å². The lowest BCUT2D eigenvalue weighted by molar-refractivity contribution is -0.133. The van der Waals surface area contributed by atoms with Crippen molar-refractivity contribution in [3.8, 4) is 0 Å². The maximum atomic E-state index is 10.8. The third-order valence-electron chi connectivity index (χ3n) is 3.87. The van der Waals surface area contributed by atoms with E-state index in [9.17, 15) is 4.79 Å². The van der Waals surface area contributed by atoms with Crippen molar-refractivity contribution in [2.45, 2.75) is 18.1 Å². The Morgan fingerprint density at radius 2 is 2.29 bits per heavy atom. The highest BCUT2D eigenvalue weighted by Gasteiger charge is 2.22. The molecule has 6 heteroatoms. The third kappa shape index (κ3) is 3.22. The lowest BCUT2D eigenvalue weighted by atomic mass is 10.1. The molecule has 1 unspecified atom stereocenters. The minimum Gasteiger partial charge on any atom is -0.481 e. The van der Waals surface area contributed by atoms with Gasteiger partial charge in [0.15, 0.2) is 5.16 Å².